The molecule has 0 unspecified atom stereocenters. The highest BCUT2D eigenvalue weighted by atomic mass is 16.5. The molecule has 0 aromatic heterocycles. The van der Waals surface area contributed by atoms with Crippen LogP contribution in [0.5, 0.6) is 11.5 Å². The summed E-state index contributed by atoms with van der Waals surface area (Å²) in [6, 6.07) is 12.5. The fourth-order valence-corrected chi connectivity index (χ4v) is 1.96. The minimum Gasteiger partial charge on any atom is -0.496 e. The van der Waals surface area contributed by atoms with Crippen LogP contribution in [-0.4, -0.2) is 31.4 Å². The molecule has 0 fully saturated rings. The lowest BCUT2D eigenvalue weighted by atomic mass is 9.79. The molecular weight excluding hydrogens is 243 g/mol. The van der Waals surface area contributed by atoms with Gasteiger partial charge >= 0.3 is 7.12 Å². The van der Waals surface area contributed by atoms with Gasteiger partial charge in [0.25, 0.3) is 0 Å². The Balaban J connectivity index is 2.61. The lowest BCUT2D eigenvalue weighted by molar-refractivity contribution is 0.410. The van der Waals surface area contributed by atoms with Gasteiger partial charge in [-0.25, -0.2) is 0 Å². The summed E-state index contributed by atoms with van der Waals surface area (Å²) in [5.74, 6) is 1.35. The Morgan fingerprint density at radius 3 is 2.11 bits per heavy atom. The maximum absolute atomic E-state index is 9.27. The third-order valence-corrected chi connectivity index (χ3v) is 2.92. The molecule has 0 aliphatic rings. The van der Waals surface area contributed by atoms with Crippen LogP contribution in [0.1, 0.15) is 0 Å². The smallest absolute Gasteiger partial charge is 0.488 e. The van der Waals surface area contributed by atoms with Crippen molar-refractivity contribution < 1.29 is 19.5 Å². The Labute approximate surface area is 112 Å². The third kappa shape index (κ3) is 2.72. The summed E-state index contributed by atoms with van der Waals surface area (Å²) >= 11 is 0. The monoisotopic (exact) mass is 258 g/mol. The van der Waals surface area contributed by atoms with Crippen LogP contribution in [0, 0.1) is 0 Å². The van der Waals surface area contributed by atoms with E-state index in [1.54, 1.807) is 32.4 Å². The molecule has 0 saturated carbocycles. The molecule has 0 aliphatic heterocycles. The van der Waals surface area contributed by atoms with Gasteiger partial charge in [-0.3, -0.25) is 0 Å². The van der Waals surface area contributed by atoms with Crippen molar-refractivity contribution in [1.29, 1.82) is 0 Å². The van der Waals surface area contributed by atoms with E-state index >= 15 is 0 Å². The number of methoxy groups -OCH3 is 2. The Bertz CT molecular complexity index is 569. The van der Waals surface area contributed by atoms with Gasteiger partial charge < -0.3 is 19.5 Å². The minimum absolute atomic E-state index is 0.404. The van der Waals surface area contributed by atoms with Crippen LogP contribution in [0.3, 0.4) is 0 Å². The van der Waals surface area contributed by atoms with E-state index in [0.29, 0.717) is 17.0 Å². The van der Waals surface area contributed by atoms with Crippen molar-refractivity contribution >= 4 is 12.6 Å². The highest BCUT2D eigenvalue weighted by Gasteiger charge is 2.16. The van der Waals surface area contributed by atoms with E-state index in [-0.39, 0.29) is 0 Å². The molecule has 5 heteroatoms. The van der Waals surface area contributed by atoms with Crippen molar-refractivity contribution in [3.63, 3.8) is 0 Å². The van der Waals surface area contributed by atoms with Crippen molar-refractivity contribution in [2.75, 3.05) is 14.2 Å². The van der Waals surface area contributed by atoms with Crippen molar-refractivity contribution in [2.45, 2.75) is 0 Å². The molecule has 0 amide bonds. The topological polar surface area (TPSA) is 58.9 Å². The van der Waals surface area contributed by atoms with Gasteiger partial charge in [0, 0.05) is 11.1 Å². The summed E-state index contributed by atoms with van der Waals surface area (Å²) in [5.41, 5.74) is 2.00. The van der Waals surface area contributed by atoms with Gasteiger partial charge in [-0.1, -0.05) is 30.3 Å². The average molecular weight is 258 g/mol. The molecule has 0 aliphatic carbocycles. The lowest BCUT2D eigenvalue weighted by Gasteiger charge is -2.13. The fourth-order valence-electron chi connectivity index (χ4n) is 1.96. The first-order valence-electron chi connectivity index (χ1n) is 5.85. The molecular formula is C14H15BO4. The molecule has 19 heavy (non-hydrogen) atoms. The number of para-hydroxylation sites is 1. The Hall–Kier alpha value is -1.98. The molecule has 0 atom stereocenters. The van der Waals surface area contributed by atoms with Crippen LogP contribution in [0.2, 0.25) is 0 Å². The maximum atomic E-state index is 9.27. The van der Waals surface area contributed by atoms with Crippen LogP contribution in [-0.2, 0) is 0 Å². The summed E-state index contributed by atoms with van der Waals surface area (Å²) in [6.07, 6.45) is 0. The Morgan fingerprint density at radius 1 is 0.842 bits per heavy atom. The Kier molecular flexibility index (Phi) is 4.09. The highest BCUT2D eigenvalue weighted by molar-refractivity contribution is 6.58. The summed E-state index contributed by atoms with van der Waals surface area (Å²) in [6.45, 7) is 0. The van der Waals surface area contributed by atoms with E-state index in [1.165, 1.54) is 0 Å². The van der Waals surface area contributed by atoms with Crippen molar-refractivity contribution in [1.82, 2.24) is 0 Å². The molecule has 2 rings (SSSR count). The zero-order chi connectivity index (χ0) is 13.8. The van der Waals surface area contributed by atoms with Crippen LogP contribution in [0.15, 0.2) is 42.5 Å². The van der Waals surface area contributed by atoms with E-state index in [9.17, 15) is 10.0 Å². The van der Waals surface area contributed by atoms with E-state index in [4.69, 9.17) is 9.47 Å². The molecule has 0 radical (unpaired) electrons. The van der Waals surface area contributed by atoms with E-state index in [1.807, 2.05) is 24.3 Å². The molecule has 2 N–H and O–H groups in total. The molecule has 0 saturated heterocycles. The molecule has 0 bridgehead atoms. The second kappa shape index (κ2) is 5.78. The Morgan fingerprint density at radius 2 is 1.47 bits per heavy atom. The first-order valence-corrected chi connectivity index (χ1v) is 5.85. The normalized spacial score (nSPS) is 10.1. The SMILES string of the molecule is COc1ccccc1-c1cc(B(O)O)ccc1OC. The number of benzene rings is 2. The maximum Gasteiger partial charge on any atom is 0.488 e. The van der Waals surface area contributed by atoms with Gasteiger partial charge in [0.05, 0.1) is 14.2 Å². The van der Waals surface area contributed by atoms with E-state index < -0.39 is 7.12 Å². The number of hydrogen-bond donors (Lipinski definition) is 2. The van der Waals surface area contributed by atoms with Crippen LogP contribution >= 0.6 is 0 Å². The van der Waals surface area contributed by atoms with E-state index in [0.717, 1.165) is 11.1 Å². The largest absolute Gasteiger partial charge is 0.496 e. The average Bonchev–Trinajstić information content (AvgIpc) is 2.46. The first-order chi connectivity index (χ1) is 9.17. The molecule has 0 heterocycles. The van der Waals surface area contributed by atoms with Gasteiger partial charge in [-0.05, 0) is 17.6 Å². The van der Waals surface area contributed by atoms with Gasteiger partial charge in [-0.15, -0.1) is 0 Å². The van der Waals surface area contributed by atoms with Crippen molar-refractivity contribution in [3.8, 4) is 22.6 Å². The molecule has 2 aromatic carbocycles. The molecule has 0 spiro atoms. The standard InChI is InChI=1S/C14H15BO4/c1-18-13-6-4-3-5-11(13)12-9-10(15(16)17)7-8-14(12)19-2/h3-9,16-17H,1-2H3. The van der Waals surface area contributed by atoms with E-state index in [2.05, 4.69) is 0 Å². The van der Waals surface area contributed by atoms with Gasteiger partial charge in [-0.2, -0.15) is 0 Å². The number of ether oxygens (including phenoxy) is 2. The third-order valence-electron chi connectivity index (χ3n) is 2.92. The second-order valence-electron chi connectivity index (χ2n) is 4.03. The van der Waals surface area contributed by atoms with Gasteiger partial charge in [0.1, 0.15) is 11.5 Å². The zero-order valence-corrected chi connectivity index (χ0v) is 10.8. The quantitative estimate of drug-likeness (QED) is 0.805. The van der Waals surface area contributed by atoms with Crippen LogP contribution < -0.4 is 14.9 Å². The zero-order valence-electron chi connectivity index (χ0n) is 10.8. The van der Waals surface area contributed by atoms with Crippen molar-refractivity contribution in [2.24, 2.45) is 0 Å². The summed E-state index contributed by atoms with van der Waals surface area (Å²) < 4.78 is 10.6. The second-order valence-corrected chi connectivity index (χ2v) is 4.03. The van der Waals surface area contributed by atoms with Gasteiger partial charge in [0.15, 0.2) is 0 Å². The predicted octanol–water partition coefficient (Wildman–Crippen LogP) is 1.05. The summed E-state index contributed by atoms with van der Waals surface area (Å²) in [4.78, 5) is 0. The summed E-state index contributed by atoms with van der Waals surface area (Å²) in [7, 11) is 1.65. The molecule has 98 valence electrons. The first kappa shape index (κ1) is 13.5. The minimum atomic E-state index is -1.51. The fraction of sp³-hybridized carbons (Fsp3) is 0.143. The molecule has 2 aromatic rings. The number of hydrogen-bond acceptors (Lipinski definition) is 4. The summed E-state index contributed by atoms with van der Waals surface area (Å²) in [5, 5.41) is 18.5. The van der Waals surface area contributed by atoms with Gasteiger partial charge in [0.2, 0.25) is 0 Å². The molecule has 4 nitrogen and oxygen atoms in total. The van der Waals surface area contributed by atoms with Crippen LogP contribution in [0.25, 0.3) is 11.1 Å². The van der Waals surface area contributed by atoms with Crippen molar-refractivity contribution in [3.05, 3.63) is 42.5 Å². The number of rotatable bonds is 4. The highest BCUT2D eigenvalue weighted by Crippen LogP contribution is 2.35. The lowest BCUT2D eigenvalue weighted by Crippen LogP contribution is -2.29. The van der Waals surface area contributed by atoms with Crippen LogP contribution in [0.4, 0.5) is 0 Å². The predicted molar refractivity (Wildman–Crippen MR) is 74.8 cm³/mol.